The third kappa shape index (κ3) is 6.12. The van der Waals surface area contributed by atoms with Crippen LogP contribution in [0, 0.1) is 0 Å². The molecule has 0 radical (unpaired) electrons. The first-order valence-electron chi connectivity index (χ1n) is 5.97. The molecular formula is C13H15Cl2NO4. The number of ether oxygens (including phenoxy) is 2. The van der Waals surface area contributed by atoms with Crippen LogP contribution in [0.3, 0.4) is 0 Å². The second kappa shape index (κ2) is 8.66. The van der Waals surface area contributed by atoms with E-state index >= 15 is 0 Å². The molecule has 0 bridgehead atoms. The van der Waals surface area contributed by atoms with Gasteiger partial charge in [-0.1, -0.05) is 23.2 Å². The Kier molecular flexibility index (Phi) is 7.18. The first kappa shape index (κ1) is 16.6. The second-order valence-electron chi connectivity index (χ2n) is 3.86. The van der Waals surface area contributed by atoms with Crippen molar-refractivity contribution in [3.05, 3.63) is 28.2 Å². The molecule has 1 aromatic carbocycles. The lowest BCUT2D eigenvalue weighted by Gasteiger charge is -2.08. The summed E-state index contributed by atoms with van der Waals surface area (Å²) in [5.74, 6) is -0.281. The lowest BCUT2D eigenvalue weighted by Crippen LogP contribution is -2.25. The van der Waals surface area contributed by atoms with Gasteiger partial charge in [0, 0.05) is 18.5 Å². The van der Waals surface area contributed by atoms with E-state index in [1.165, 1.54) is 7.05 Å². The van der Waals surface area contributed by atoms with Crippen molar-refractivity contribution >= 4 is 35.1 Å². The maximum absolute atomic E-state index is 11.3. The zero-order valence-electron chi connectivity index (χ0n) is 10.9. The van der Waals surface area contributed by atoms with Crippen molar-refractivity contribution < 1.29 is 19.1 Å². The molecule has 20 heavy (non-hydrogen) atoms. The van der Waals surface area contributed by atoms with Crippen LogP contribution < -0.4 is 10.1 Å². The molecular weight excluding hydrogens is 305 g/mol. The second-order valence-corrected chi connectivity index (χ2v) is 4.70. The van der Waals surface area contributed by atoms with Gasteiger partial charge in [-0.15, -0.1) is 0 Å². The van der Waals surface area contributed by atoms with E-state index in [4.69, 9.17) is 32.7 Å². The molecule has 0 aromatic heterocycles. The largest absolute Gasteiger partial charge is 0.492 e. The SMILES string of the molecule is CNC(=O)COC(=O)CCCOc1ccc(Cl)cc1Cl. The number of carbonyl (C=O) groups excluding carboxylic acids is 2. The number of amides is 1. The number of halogens is 2. The van der Waals surface area contributed by atoms with Crippen molar-refractivity contribution in [3.63, 3.8) is 0 Å². The Hall–Kier alpha value is -1.46. The molecule has 0 spiro atoms. The Labute approximate surface area is 127 Å². The molecule has 0 aliphatic heterocycles. The molecule has 0 aliphatic carbocycles. The normalized spacial score (nSPS) is 9.95. The highest BCUT2D eigenvalue weighted by Crippen LogP contribution is 2.27. The molecule has 0 saturated heterocycles. The van der Waals surface area contributed by atoms with Crippen molar-refractivity contribution in [1.29, 1.82) is 0 Å². The van der Waals surface area contributed by atoms with Crippen molar-refractivity contribution in [1.82, 2.24) is 5.32 Å². The van der Waals surface area contributed by atoms with Gasteiger partial charge in [-0.2, -0.15) is 0 Å². The van der Waals surface area contributed by atoms with Crippen molar-refractivity contribution in [2.24, 2.45) is 0 Å². The molecule has 7 heteroatoms. The molecule has 0 fully saturated rings. The quantitative estimate of drug-likeness (QED) is 0.619. The third-order valence-electron chi connectivity index (χ3n) is 2.32. The third-order valence-corrected chi connectivity index (χ3v) is 2.85. The number of hydrogen-bond acceptors (Lipinski definition) is 4. The summed E-state index contributed by atoms with van der Waals surface area (Å²) < 4.78 is 10.1. The minimum atomic E-state index is -0.445. The fraction of sp³-hybridized carbons (Fsp3) is 0.385. The average Bonchev–Trinajstić information content (AvgIpc) is 2.42. The predicted octanol–water partition coefficient (Wildman–Crippen LogP) is 2.44. The van der Waals surface area contributed by atoms with Crippen LogP contribution in [-0.4, -0.2) is 32.1 Å². The minimum absolute atomic E-state index is 0.169. The fourth-order valence-electron chi connectivity index (χ4n) is 1.28. The molecule has 0 atom stereocenters. The first-order valence-corrected chi connectivity index (χ1v) is 6.72. The summed E-state index contributed by atoms with van der Waals surface area (Å²) in [6, 6.07) is 4.91. The fourth-order valence-corrected chi connectivity index (χ4v) is 1.74. The van der Waals surface area contributed by atoms with Gasteiger partial charge in [-0.05, 0) is 24.6 Å². The van der Waals surface area contributed by atoms with Crippen LogP contribution in [-0.2, 0) is 14.3 Å². The first-order chi connectivity index (χ1) is 9.52. The molecule has 1 rings (SSSR count). The number of hydrogen-bond donors (Lipinski definition) is 1. The van der Waals surface area contributed by atoms with E-state index < -0.39 is 5.97 Å². The van der Waals surface area contributed by atoms with Gasteiger partial charge in [0.25, 0.3) is 5.91 Å². The monoisotopic (exact) mass is 319 g/mol. The van der Waals surface area contributed by atoms with Crippen LogP contribution in [0.15, 0.2) is 18.2 Å². The van der Waals surface area contributed by atoms with E-state index in [-0.39, 0.29) is 18.9 Å². The highest BCUT2D eigenvalue weighted by molar-refractivity contribution is 6.35. The number of rotatable bonds is 7. The van der Waals surface area contributed by atoms with E-state index in [1.54, 1.807) is 18.2 Å². The highest BCUT2D eigenvalue weighted by atomic mass is 35.5. The Morgan fingerprint density at radius 1 is 1.30 bits per heavy atom. The molecule has 1 amide bonds. The van der Waals surface area contributed by atoms with Gasteiger partial charge in [0.05, 0.1) is 11.6 Å². The minimum Gasteiger partial charge on any atom is -0.492 e. The van der Waals surface area contributed by atoms with E-state index in [0.717, 1.165) is 0 Å². The van der Waals surface area contributed by atoms with Crippen LogP contribution in [0.5, 0.6) is 5.75 Å². The number of likely N-dealkylation sites (N-methyl/N-ethyl adjacent to an activating group) is 1. The van der Waals surface area contributed by atoms with Gasteiger partial charge in [0.15, 0.2) is 6.61 Å². The zero-order valence-corrected chi connectivity index (χ0v) is 12.5. The summed E-state index contributed by atoms with van der Waals surface area (Å²) >= 11 is 11.7. The van der Waals surface area contributed by atoms with Crippen molar-refractivity contribution in [3.8, 4) is 5.75 Å². The summed E-state index contributed by atoms with van der Waals surface area (Å²) in [4.78, 5) is 22.1. The van der Waals surface area contributed by atoms with Gasteiger partial charge in [-0.3, -0.25) is 9.59 Å². The van der Waals surface area contributed by atoms with E-state index in [1.807, 2.05) is 0 Å². The highest BCUT2D eigenvalue weighted by Gasteiger charge is 2.07. The summed E-state index contributed by atoms with van der Waals surface area (Å²) in [5, 5.41) is 3.30. The van der Waals surface area contributed by atoms with Gasteiger partial charge in [0.2, 0.25) is 0 Å². The number of carbonyl (C=O) groups is 2. The summed E-state index contributed by atoms with van der Waals surface area (Å²) in [6.45, 7) is 0.0512. The lowest BCUT2D eigenvalue weighted by atomic mass is 10.3. The Balaban J connectivity index is 2.21. The van der Waals surface area contributed by atoms with Crippen molar-refractivity contribution in [2.75, 3.05) is 20.3 Å². The van der Waals surface area contributed by atoms with Crippen LogP contribution in [0.1, 0.15) is 12.8 Å². The molecule has 0 aliphatic rings. The van der Waals surface area contributed by atoms with Crippen LogP contribution in [0.4, 0.5) is 0 Å². The van der Waals surface area contributed by atoms with Crippen LogP contribution in [0.2, 0.25) is 10.0 Å². The smallest absolute Gasteiger partial charge is 0.306 e. The van der Waals surface area contributed by atoms with Crippen LogP contribution in [0.25, 0.3) is 0 Å². The molecule has 0 saturated carbocycles. The van der Waals surface area contributed by atoms with E-state index in [0.29, 0.717) is 28.8 Å². The predicted molar refractivity (Wildman–Crippen MR) is 76.2 cm³/mol. The number of benzene rings is 1. The zero-order chi connectivity index (χ0) is 15.0. The molecule has 1 aromatic rings. The van der Waals surface area contributed by atoms with E-state index in [2.05, 4.69) is 5.32 Å². The van der Waals surface area contributed by atoms with Gasteiger partial charge in [-0.25, -0.2) is 0 Å². The topological polar surface area (TPSA) is 64.6 Å². The lowest BCUT2D eigenvalue weighted by molar-refractivity contribution is -0.148. The molecule has 0 unspecified atom stereocenters. The van der Waals surface area contributed by atoms with Crippen LogP contribution >= 0.6 is 23.2 Å². The number of esters is 1. The maximum Gasteiger partial charge on any atom is 0.306 e. The Morgan fingerprint density at radius 2 is 2.05 bits per heavy atom. The summed E-state index contributed by atoms with van der Waals surface area (Å²) in [7, 11) is 1.47. The molecule has 0 heterocycles. The molecule has 1 N–H and O–H groups in total. The Morgan fingerprint density at radius 3 is 2.70 bits per heavy atom. The number of nitrogens with one attached hydrogen (secondary N) is 1. The van der Waals surface area contributed by atoms with Gasteiger partial charge in [0.1, 0.15) is 5.75 Å². The standard InChI is InChI=1S/C13H15Cl2NO4/c1-16-12(17)8-20-13(18)3-2-6-19-11-5-4-9(14)7-10(11)15/h4-5,7H,2-3,6,8H2,1H3,(H,16,17). The van der Waals surface area contributed by atoms with Gasteiger partial charge < -0.3 is 14.8 Å². The molecule has 5 nitrogen and oxygen atoms in total. The molecule has 110 valence electrons. The van der Waals surface area contributed by atoms with E-state index in [9.17, 15) is 9.59 Å². The van der Waals surface area contributed by atoms with Gasteiger partial charge >= 0.3 is 5.97 Å². The average molecular weight is 320 g/mol. The maximum atomic E-state index is 11.3. The summed E-state index contributed by atoms with van der Waals surface area (Å²) in [5.41, 5.74) is 0. The summed E-state index contributed by atoms with van der Waals surface area (Å²) in [6.07, 6.45) is 0.633. The Bertz CT molecular complexity index is 479. The van der Waals surface area contributed by atoms with Crippen molar-refractivity contribution in [2.45, 2.75) is 12.8 Å².